The number of aromatic nitrogens is 2. The molecular formula is C18H20N2O6. The molecule has 8 nitrogen and oxygen atoms in total. The summed E-state index contributed by atoms with van der Waals surface area (Å²) >= 11 is 0. The summed E-state index contributed by atoms with van der Waals surface area (Å²) in [6, 6.07) is 7.17. The highest BCUT2D eigenvalue weighted by molar-refractivity contribution is 5.35. The number of ether oxygens (including phenoxy) is 2. The maximum absolute atomic E-state index is 12.1. The van der Waals surface area contributed by atoms with Gasteiger partial charge in [0.2, 0.25) is 0 Å². The number of nitrogens with one attached hydrogen (secondary N) is 1. The minimum Gasteiger partial charge on any atom is -0.394 e. The highest BCUT2D eigenvalue weighted by Gasteiger charge is 2.59. The topological polar surface area (TPSA) is 114 Å². The van der Waals surface area contributed by atoms with Crippen LogP contribution in [0.1, 0.15) is 22.9 Å². The summed E-state index contributed by atoms with van der Waals surface area (Å²) in [5.74, 6) is 0. The molecule has 1 saturated heterocycles. The van der Waals surface area contributed by atoms with Gasteiger partial charge in [0.05, 0.1) is 13.2 Å². The van der Waals surface area contributed by atoms with Crippen LogP contribution in [0.25, 0.3) is 0 Å². The third kappa shape index (κ3) is 2.53. The summed E-state index contributed by atoms with van der Waals surface area (Å²) in [6.07, 6.45) is -1.45. The van der Waals surface area contributed by atoms with Crippen molar-refractivity contribution in [3.63, 3.8) is 0 Å². The molecule has 1 aromatic heterocycles. The van der Waals surface area contributed by atoms with Gasteiger partial charge in [-0.15, -0.1) is 0 Å². The smallest absolute Gasteiger partial charge is 0.330 e. The highest BCUT2D eigenvalue weighted by atomic mass is 16.6. The van der Waals surface area contributed by atoms with E-state index < -0.39 is 35.3 Å². The average Bonchev–Trinajstić information content (AvgIpc) is 2.87. The van der Waals surface area contributed by atoms with E-state index in [0.717, 1.165) is 21.3 Å². The number of H-pyrrole nitrogens is 1. The summed E-state index contributed by atoms with van der Waals surface area (Å²) in [4.78, 5) is 25.5. The predicted octanol–water partition coefficient (Wildman–Crippen LogP) is -0.393. The maximum Gasteiger partial charge on any atom is 0.330 e. The largest absolute Gasteiger partial charge is 0.394 e. The molecule has 1 fully saturated rings. The number of hydrogen-bond donors (Lipinski definition) is 3. The van der Waals surface area contributed by atoms with Crippen LogP contribution in [0.2, 0.25) is 0 Å². The first-order chi connectivity index (χ1) is 12.4. The molecule has 0 bridgehead atoms. The number of benzene rings is 1. The van der Waals surface area contributed by atoms with Crippen molar-refractivity contribution in [1.29, 1.82) is 0 Å². The lowest BCUT2D eigenvalue weighted by molar-refractivity contribution is -0.152. The Morgan fingerprint density at radius 3 is 2.85 bits per heavy atom. The zero-order chi connectivity index (χ0) is 18.5. The number of fused-ring (bicyclic) bond motifs is 1. The fourth-order valence-corrected chi connectivity index (χ4v) is 3.85. The predicted molar refractivity (Wildman–Crippen MR) is 90.7 cm³/mol. The van der Waals surface area contributed by atoms with E-state index in [1.165, 1.54) is 12.3 Å². The summed E-state index contributed by atoms with van der Waals surface area (Å²) in [5, 5.41) is 20.8. The molecule has 2 aliphatic heterocycles. The zero-order valence-corrected chi connectivity index (χ0v) is 14.2. The summed E-state index contributed by atoms with van der Waals surface area (Å²) < 4.78 is 12.9. The van der Waals surface area contributed by atoms with Crippen LogP contribution in [-0.2, 0) is 22.5 Å². The molecule has 3 N–H and O–H groups in total. The van der Waals surface area contributed by atoms with E-state index in [-0.39, 0.29) is 13.2 Å². The van der Waals surface area contributed by atoms with Gasteiger partial charge in [0, 0.05) is 18.7 Å². The van der Waals surface area contributed by atoms with Crippen molar-refractivity contribution in [2.24, 2.45) is 0 Å². The van der Waals surface area contributed by atoms with Gasteiger partial charge in [-0.1, -0.05) is 23.8 Å². The standard InChI is InChI=1S/C18H20N2O6/c1-10-2-3-11-7-18(25-9-12(11)6-10)13(8-21)26-16(15(18)23)20-5-4-14(22)19-17(20)24/h2-6,13,15-16,21,23H,7-9H2,1H3,(H,19,22,24)/t13-,15+,16-,18-/m1/s1. The van der Waals surface area contributed by atoms with E-state index >= 15 is 0 Å². The van der Waals surface area contributed by atoms with Crippen LogP contribution in [0.4, 0.5) is 0 Å². The molecule has 2 aromatic rings. The van der Waals surface area contributed by atoms with Gasteiger partial charge in [-0.05, 0) is 18.1 Å². The van der Waals surface area contributed by atoms with Crippen LogP contribution in [0.3, 0.4) is 0 Å². The highest BCUT2D eigenvalue weighted by Crippen LogP contribution is 2.44. The number of aromatic amines is 1. The molecule has 3 heterocycles. The number of aryl methyl sites for hydroxylation is 1. The fourth-order valence-electron chi connectivity index (χ4n) is 3.85. The lowest BCUT2D eigenvalue weighted by Crippen LogP contribution is -2.55. The summed E-state index contributed by atoms with van der Waals surface area (Å²) in [7, 11) is 0. The molecule has 4 rings (SSSR count). The van der Waals surface area contributed by atoms with Gasteiger partial charge in [-0.25, -0.2) is 4.79 Å². The second kappa shape index (κ2) is 6.17. The van der Waals surface area contributed by atoms with Gasteiger partial charge < -0.3 is 19.7 Å². The van der Waals surface area contributed by atoms with Crippen molar-refractivity contribution in [2.75, 3.05) is 6.61 Å². The van der Waals surface area contributed by atoms with E-state index in [1.54, 1.807) is 0 Å². The number of aliphatic hydroxyl groups is 2. The molecule has 2 aliphatic rings. The quantitative estimate of drug-likeness (QED) is 0.672. The van der Waals surface area contributed by atoms with Crippen molar-refractivity contribution >= 4 is 0 Å². The Bertz CT molecular complexity index is 951. The second-order valence-corrected chi connectivity index (χ2v) is 6.85. The van der Waals surface area contributed by atoms with Crippen molar-refractivity contribution in [2.45, 2.75) is 44.0 Å². The average molecular weight is 360 g/mol. The van der Waals surface area contributed by atoms with E-state index in [9.17, 15) is 19.8 Å². The molecule has 0 radical (unpaired) electrons. The van der Waals surface area contributed by atoms with Crippen LogP contribution >= 0.6 is 0 Å². The molecule has 1 aromatic carbocycles. The summed E-state index contributed by atoms with van der Waals surface area (Å²) in [6.45, 7) is 1.90. The Hall–Kier alpha value is -2.26. The Kier molecular flexibility index (Phi) is 4.07. The van der Waals surface area contributed by atoms with Crippen LogP contribution in [0, 0.1) is 6.92 Å². The van der Waals surface area contributed by atoms with Gasteiger partial charge in [-0.2, -0.15) is 0 Å². The van der Waals surface area contributed by atoms with Gasteiger partial charge in [0.1, 0.15) is 17.8 Å². The third-order valence-electron chi connectivity index (χ3n) is 5.24. The SMILES string of the molecule is Cc1ccc2c(c1)CO[C@]1(C2)[C@@H](CO)O[C@@H](n2ccc(=O)[nH]c2=O)[C@@H]1O. The molecule has 0 unspecified atom stereocenters. The van der Waals surface area contributed by atoms with Crippen LogP contribution in [-0.4, -0.2) is 44.2 Å². The number of nitrogens with zero attached hydrogens (tertiary/aromatic N) is 1. The minimum atomic E-state index is -1.20. The van der Waals surface area contributed by atoms with Gasteiger partial charge in [0.25, 0.3) is 5.56 Å². The minimum absolute atomic E-state index is 0.279. The van der Waals surface area contributed by atoms with Gasteiger partial charge >= 0.3 is 5.69 Å². The number of rotatable bonds is 2. The first-order valence-electron chi connectivity index (χ1n) is 8.43. The fraction of sp³-hybridized carbons (Fsp3) is 0.444. The number of aliphatic hydroxyl groups excluding tert-OH is 2. The molecular weight excluding hydrogens is 340 g/mol. The molecule has 138 valence electrons. The monoisotopic (exact) mass is 360 g/mol. The lowest BCUT2D eigenvalue weighted by atomic mass is 9.81. The Morgan fingerprint density at radius 1 is 1.31 bits per heavy atom. The van der Waals surface area contributed by atoms with Crippen molar-refractivity contribution in [3.05, 3.63) is 68.0 Å². The molecule has 8 heteroatoms. The van der Waals surface area contributed by atoms with Crippen molar-refractivity contribution in [3.8, 4) is 0 Å². The second-order valence-electron chi connectivity index (χ2n) is 6.85. The van der Waals surface area contributed by atoms with Crippen molar-refractivity contribution in [1.82, 2.24) is 9.55 Å². The van der Waals surface area contributed by atoms with Gasteiger partial charge in [0.15, 0.2) is 6.23 Å². The van der Waals surface area contributed by atoms with E-state index in [2.05, 4.69) is 4.98 Å². The number of hydrogen-bond acceptors (Lipinski definition) is 6. The van der Waals surface area contributed by atoms with Crippen LogP contribution in [0.5, 0.6) is 0 Å². The van der Waals surface area contributed by atoms with Crippen molar-refractivity contribution < 1.29 is 19.7 Å². The molecule has 0 aliphatic carbocycles. The molecule has 4 atom stereocenters. The third-order valence-corrected chi connectivity index (χ3v) is 5.24. The first-order valence-corrected chi connectivity index (χ1v) is 8.43. The van der Waals surface area contributed by atoms with Crippen LogP contribution < -0.4 is 11.2 Å². The lowest BCUT2D eigenvalue weighted by Gasteiger charge is -2.40. The summed E-state index contributed by atoms with van der Waals surface area (Å²) in [5.41, 5.74) is 0.758. The van der Waals surface area contributed by atoms with E-state index in [4.69, 9.17) is 9.47 Å². The molecule has 26 heavy (non-hydrogen) atoms. The Morgan fingerprint density at radius 2 is 2.12 bits per heavy atom. The van der Waals surface area contributed by atoms with Gasteiger partial charge in [-0.3, -0.25) is 14.3 Å². The first kappa shape index (κ1) is 17.2. The van der Waals surface area contributed by atoms with E-state index in [1.807, 2.05) is 25.1 Å². The Balaban J connectivity index is 1.73. The Labute approximate surface area is 148 Å². The zero-order valence-electron chi connectivity index (χ0n) is 14.2. The molecule has 0 amide bonds. The normalized spacial score (nSPS) is 30.5. The maximum atomic E-state index is 12.1. The van der Waals surface area contributed by atoms with Crippen LogP contribution in [0.15, 0.2) is 40.1 Å². The molecule has 0 saturated carbocycles. The molecule has 1 spiro atoms. The van der Waals surface area contributed by atoms with E-state index in [0.29, 0.717) is 6.42 Å².